The lowest BCUT2D eigenvalue weighted by atomic mass is 10.3. The molecule has 0 atom stereocenters. The number of aromatic nitrogens is 2. The molecule has 0 radical (unpaired) electrons. The third kappa shape index (κ3) is 1.46. The van der Waals surface area contributed by atoms with Gasteiger partial charge in [0.25, 0.3) is 0 Å². The van der Waals surface area contributed by atoms with E-state index in [-0.39, 0.29) is 0 Å². The molecule has 68 valence electrons. The predicted molar refractivity (Wildman–Crippen MR) is 58.1 cm³/mol. The highest BCUT2D eigenvalue weighted by atomic mass is 79.9. The van der Waals surface area contributed by atoms with Crippen molar-refractivity contribution in [2.24, 2.45) is 0 Å². The molecular formula is C9H8BrClN2. The van der Waals surface area contributed by atoms with Gasteiger partial charge in [-0.1, -0.05) is 11.6 Å². The van der Waals surface area contributed by atoms with Crippen molar-refractivity contribution in [3.05, 3.63) is 27.8 Å². The molecule has 1 heterocycles. The molecule has 0 unspecified atom stereocenters. The van der Waals surface area contributed by atoms with Crippen LogP contribution in [0.5, 0.6) is 0 Å². The Kier molecular flexibility index (Phi) is 2.30. The van der Waals surface area contributed by atoms with E-state index in [4.69, 9.17) is 11.6 Å². The van der Waals surface area contributed by atoms with Crippen LogP contribution in [-0.4, -0.2) is 9.78 Å². The normalized spacial score (nSPS) is 11.0. The molecule has 1 aromatic carbocycles. The summed E-state index contributed by atoms with van der Waals surface area (Å²) in [6, 6.07) is 3.87. The standard InChI is InChI=1S/C9H8BrClN2/c1-2-13-5-6-8(12-13)4-3-7(10)9(6)11/h3-5H,2H2,1H3. The van der Waals surface area contributed by atoms with E-state index in [0.717, 1.165) is 26.9 Å². The highest BCUT2D eigenvalue weighted by molar-refractivity contribution is 9.10. The minimum Gasteiger partial charge on any atom is -0.272 e. The average Bonchev–Trinajstić information content (AvgIpc) is 2.55. The summed E-state index contributed by atoms with van der Waals surface area (Å²) in [5.41, 5.74) is 0.940. The zero-order valence-electron chi connectivity index (χ0n) is 7.09. The van der Waals surface area contributed by atoms with Crippen LogP contribution in [0.3, 0.4) is 0 Å². The molecule has 13 heavy (non-hydrogen) atoms. The van der Waals surface area contributed by atoms with Crippen LogP contribution in [0.15, 0.2) is 22.8 Å². The zero-order chi connectivity index (χ0) is 9.42. The Morgan fingerprint density at radius 1 is 1.54 bits per heavy atom. The van der Waals surface area contributed by atoms with Crippen LogP contribution in [0.1, 0.15) is 6.92 Å². The van der Waals surface area contributed by atoms with Crippen LogP contribution in [0.4, 0.5) is 0 Å². The summed E-state index contributed by atoms with van der Waals surface area (Å²) in [6.45, 7) is 2.91. The molecule has 2 rings (SSSR count). The maximum atomic E-state index is 6.10. The van der Waals surface area contributed by atoms with Crippen LogP contribution in [-0.2, 0) is 6.54 Å². The molecule has 0 saturated heterocycles. The monoisotopic (exact) mass is 258 g/mol. The van der Waals surface area contributed by atoms with E-state index < -0.39 is 0 Å². The second-order valence-corrected chi connectivity index (χ2v) is 4.01. The van der Waals surface area contributed by atoms with Crippen molar-refractivity contribution < 1.29 is 0 Å². The van der Waals surface area contributed by atoms with Crippen LogP contribution in [0.2, 0.25) is 5.02 Å². The van der Waals surface area contributed by atoms with E-state index in [0.29, 0.717) is 0 Å². The minimum absolute atomic E-state index is 0.734. The van der Waals surface area contributed by atoms with Crippen LogP contribution in [0, 0.1) is 0 Å². The molecule has 0 aliphatic heterocycles. The van der Waals surface area contributed by atoms with Gasteiger partial charge in [-0.25, -0.2) is 0 Å². The SMILES string of the molecule is CCn1cc2c(Cl)c(Br)ccc2n1. The molecule has 0 amide bonds. The molecule has 2 aromatic rings. The molecule has 0 aliphatic rings. The van der Waals surface area contributed by atoms with Gasteiger partial charge in [0.05, 0.1) is 10.5 Å². The zero-order valence-corrected chi connectivity index (χ0v) is 9.43. The Balaban J connectivity index is 2.76. The number of rotatable bonds is 1. The Bertz CT molecular complexity index is 450. The number of fused-ring (bicyclic) bond motifs is 1. The third-order valence-electron chi connectivity index (χ3n) is 1.95. The highest BCUT2D eigenvalue weighted by Gasteiger charge is 2.06. The van der Waals surface area contributed by atoms with E-state index in [1.807, 2.05) is 23.0 Å². The van der Waals surface area contributed by atoms with E-state index in [2.05, 4.69) is 28.0 Å². The lowest BCUT2D eigenvalue weighted by Gasteiger charge is -1.94. The summed E-state index contributed by atoms with van der Waals surface area (Å²) in [7, 11) is 0. The van der Waals surface area contributed by atoms with E-state index in [9.17, 15) is 0 Å². The fraction of sp³-hybridized carbons (Fsp3) is 0.222. The molecule has 4 heteroatoms. The molecule has 0 bridgehead atoms. The van der Waals surface area contributed by atoms with Gasteiger partial charge in [0.15, 0.2) is 0 Å². The maximum Gasteiger partial charge on any atom is 0.0939 e. The van der Waals surface area contributed by atoms with Gasteiger partial charge in [-0.05, 0) is 35.0 Å². The van der Waals surface area contributed by atoms with Crippen LogP contribution >= 0.6 is 27.5 Å². The van der Waals surface area contributed by atoms with Crippen molar-refractivity contribution in [2.75, 3.05) is 0 Å². The van der Waals surface area contributed by atoms with Gasteiger partial charge in [0.2, 0.25) is 0 Å². The second-order valence-electron chi connectivity index (χ2n) is 2.78. The van der Waals surface area contributed by atoms with Gasteiger partial charge in [-0.2, -0.15) is 5.10 Å². The largest absolute Gasteiger partial charge is 0.272 e. The first-order valence-electron chi connectivity index (χ1n) is 4.03. The van der Waals surface area contributed by atoms with Crippen molar-refractivity contribution >= 4 is 38.4 Å². The van der Waals surface area contributed by atoms with Crippen molar-refractivity contribution in [1.29, 1.82) is 0 Å². The molecule has 0 N–H and O–H groups in total. The number of benzene rings is 1. The molecule has 1 aromatic heterocycles. The number of hydrogen-bond donors (Lipinski definition) is 0. The fourth-order valence-corrected chi connectivity index (χ4v) is 1.80. The Morgan fingerprint density at radius 2 is 2.31 bits per heavy atom. The topological polar surface area (TPSA) is 17.8 Å². The summed E-state index contributed by atoms with van der Waals surface area (Å²) >= 11 is 9.47. The van der Waals surface area contributed by atoms with Crippen molar-refractivity contribution in [2.45, 2.75) is 13.5 Å². The second kappa shape index (κ2) is 3.31. The summed E-state index contributed by atoms with van der Waals surface area (Å²) in [4.78, 5) is 0. The number of hydrogen-bond acceptors (Lipinski definition) is 1. The number of nitrogens with zero attached hydrogens (tertiary/aromatic N) is 2. The fourth-order valence-electron chi connectivity index (χ4n) is 1.24. The first kappa shape index (κ1) is 9.03. The Morgan fingerprint density at radius 3 is 3.00 bits per heavy atom. The molecule has 0 fully saturated rings. The summed E-state index contributed by atoms with van der Waals surface area (Å²) < 4.78 is 2.79. The molecule has 0 aliphatic carbocycles. The van der Waals surface area contributed by atoms with Crippen molar-refractivity contribution in [1.82, 2.24) is 9.78 Å². The van der Waals surface area contributed by atoms with Crippen molar-refractivity contribution in [3.8, 4) is 0 Å². The predicted octanol–water partition coefficient (Wildman–Crippen LogP) is 3.47. The lowest BCUT2D eigenvalue weighted by molar-refractivity contribution is 0.668. The van der Waals surface area contributed by atoms with Gasteiger partial charge >= 0.3 is 0 Å². The molecule has 0 spiro atoms. The van der Waals surface area contributed by atoms with Gasteiger partial charge in [-0.15, -0.1) is 0 Å². The summed E-state index contributed by atoms with van der Waals surface area (Å²) in [6.07, 6.45) is 1.96. The van der Waals surface area contributed by atoms with Gasteiger partial charge in [-0.3, -0.25) is 4.68 Å². The Hall–Kier alpha value is -0.540. The van der Waals surface area contributed by atoms with E-state index in [1.165, 1.54) is 0 Å². The smallest absolute Gasteiger partial charge is 0.0939 e. The van der Waals surface area contributed by atoms with E-state index >= 15 is 0 Å². The lowest BCUT2D eigenvalue weighted by Crippen LogP contribution is -1.92. The van der Waals surface area contributed by atoms with Gasteiger partial charge in [0.1, 0.15) is 0 Å². The minimum atomic E-state index is 0.734. The third-order valence-corrected chi connectivity index (χ3v) is 3.24. The first-order valence-corrected chi connectivity index (χ1v) is 5.20. The quantitative estimate of drug-likeness (QED) is 0.767. The van der Waals surface area contributed by atoms with Crippen LogP contribution in [0.25, 0.3) is 10.9 Å². The summed E-state index contributed by atoms with van der Waals surface area (Å²) in [5, 5.41) is 6.08. The van der Waals surface area contributed by atoms with Crippen LogP contribution < -0.4 is 0 Å². The van der Waals surface area contributed by atoms with E-state index in [1.54, 1.807) is 0 Å². The average molecular weight is 260 g/mol. The maximum absolute atomic E-state index is 6.10. The van der Waals surface area contributed by atoms with Gasteiger partial charge in [0, 0.05) is 22.6 Å². The highest BCUT2D eigenvalue weighted by Crippen LogP contribution is 2.30. The molecule has 0 saturated carbocycles. The Labute approximate surface area is 89.6 Å². The van der Waals surface area contributed by atoms with Crippen molar-refractivity contribution in [3.63, 3.8) is 0 Å². The summed E-state index contributed by atoms with van der Waals surface area (Å²) in [5.74, 6) is 0. The first-order chi connectivity index (χ1) is 6.22. The molecule has 2 nitrogen and oxygen atoms in total. The van der Waals surface area contributed by atoms with Gasteiger partial charge < -0.3 is 0 Å². The molecular weight excluding hydrogens is 251 g/mol. The number of halogens is 2. The number of aryl methyl sites for hydroxylation is 1.